The van der Waals surface area contributed by atoms with E-state index >= 15 is 0 Å². The molecule has 0 bridgehead atoms. The van der Waals surface area contributed by atoms with Gasteiger partial charge in [-0.2, -0.15) is 0 Å². The number of aromatic amines is 1. The SMILES string of the molecule is Cc1nnc(NC(=O)Nc2ccc(Oc3ccc4[nH]c(NC(=O)c5ccco5)nc4c3)cc2)s1. The lowest BCUT2D eigenvalue weighted by molar-refractivity contribution is 0.0996. The number of amides is 3. The third-order valence-electron chi connectivity index (χ3n) is 4.53. The summed E-state index contributed by atoms with van der Waals surface area (Å²) in [4.78, 5) is 31.6. The number of rotatable bonds is 6. The minimum atomic E-state index is -0.413. The standard InChI is InChI=1S/C22H17N7O4S/c1-12-28-29-22(34-12)27-21(31)23-13-4-6-14(7-5-13)33-15-8-9-16-17(11-15)25-20(24-16)26-19(30)18-3-2-10-32-18/h2-11H,1H3,(H2,23,27,29,31)(H2,24,25,26,30). The van der Waals surface area contributed by atoms with Gasteiger partial charge in [0, 0.05) is 11.8 Å². The van der Waals surface area contributed by atoms with E-state index in [0.29, 0.717) is 33.8 Å². The number of ether oxygens (including phenoxy) is 1. The molecular formula is C22H17N7O4S. The molecule has 0 saturated carbocycles. The van der Waals surface area contributed by atoms with Gasteiger partial charge < -0.3 is 19.5 Å². The first kappa shape index (κ1) is 21.2. The van der Waals surface area contributed by atoms with Gasteiger partial charge in [0.05, 0.1) is 17.3 Å². The fourth-order valence-corrected chi connectivity index (χ4v) is 3.62. The fraction of sp³-hybridized carbons (Fsp3) is 0.0455. The molecule has 5 rings (SSSR count). The van der Waals surface area contributed by atoms with Crippen LogP contribution in [0.2, 0.25) is 0 Å². The predicted molar refractivity (Wildman–Crippen MR) is 127 cm³/mol. The number of nitrogens with zero attached hydrogens (tertiary/aromatic N) is 3. The summed E-state index contributed by atoms with van der Waals surface area (Å²) >= 11 is 1.29. The Labute approximate surface area is 196 Å². The van der Waals surface area contributed by atoms with E-state index < -0.39 is 11.9 Å². The molecule has 0 spiro atoms. The molecule has 34 heavy (non-hydrogen) atoms. The van der Waals surface area contributed by atoms with E-state index in [9.17, 15) is 9.59 Å². The topological polar surface area (TPSA) is 147 Å². The Morgan fingerprint density at radius 3 is 2.56 bits per heavy atom. The second kappa shape index (κ2) is 9.03. The second-order valence-corrected chi connectivity index (χ2v) is 8.21. The summed E-state index contributed by atoms with van der Waals surface area (Å²) in [5.74, 6) is 1.22. The highest BCUT2D eigenvalue weighted by Crippen LogP contribution is 2.27. The first-order chi connectivity index (χ1) is 16.5. The van der Waals surface area contributed by atoms with Crippen LogP contribution in [0.1, 0.15) is 15.6 Å². The number of urea groups is 1. The lowest BCUT2D eigenvalue weighted by Gasteiger charge is -2.08. The van der Waals surface area contributed by atoms with Crippen LogP contribution in [0.15, 0.2) is 65.3 Å². The Morgan fingerprint density at radius 1 is 1.00 bits per heavy atom. The molecule has 0 atom stereocenters. The molecule has 0 radical (unpaired) electrons. The zero-order valence-corrected chi connectivity index (χ0v) is 18.5. The maximum Gasteiger partial charge on any atom is 0.325 e. The molecule has 2 aromatic carbocycles. The number of aryl methyl sites for hydroxylation is 1. The van der Waals surface area contributed by atoms with Crippen LogP contribution >= 0.6 is 11.3 Å². The third-order valence-corrected chi connectivity index (χ3v) is 5.28. The minimum Gasteiger partial charge on any atom is -0.459 e. The van der Waals surface area contributed by atoms with Crippen LogP contribution in [-0.2, 0) is 0 Å². The molecule has 4 N–H and O–H groups in total. The largest absolute Gasteiger partial charge is 0.459 e. The van der Waals surface area contributed by atoms with Gasteiger partial charge in [-0.3, -0.25) is 15.4 Å². The lowest BCUT2D eigenvalue weighted by Crippen LogP contribution is -2.19. The number of carbonyl (C=O) groups excluding carboxylic acids is 2. The van der Waals surface area contributed by atoms with Crippen molar-refractivity contribution in [2.24, 2.45) is 0 Å². The van der Waals surface area contributed by atoms with Crippen molar-refractivity contribution in [3.8, 4) is 11.5 Å². The average Bonchev–Trinajstić information content (AvgIpc) is 3.56. The maximum atomic E-state index is 12.1. The van der Waals surface area contributed by atoms with Crippen molar-refractivity contribution >= 4 is 51.1 Å². The van der Waals surface area contributed by atoms with Crippen LogP contribution < -0.4 is 20.7 Å². The zero-order valence-electron chi connectivity index (χ0n) is 17.7. The van der Waals surface area contributed by atoms with Gasteiger partial charge in [0.2, 0.25) is 11.1 Å². The molecule has 170 valence electrons. The van der Waals surface area contributed by atoms with Gasteiger partial charge in [0.15, 0.2) is 5.76 Å². The van der Waals surface area contributed by atoms with Crippen LogP contribution in [0, 0.1) is 6.92 Å². The number of hydrogen-bond donors (Lipinski definition) is 4. The molecule has 3 aromatic heterocycles. The number of benzene rings is 2. The molecule has 0 aliphatic rings. The van der Waals surface area contributed by atoms with Gasteiger partial charge in [0.1, 0.15) is 16.5 Å². The Kier molecular flexibility index (Phi) is 5.62. The summed E-state index contributed by atoms with van der Waals surface area (Å²) in [7, 11) is 0. The molecular weight excluding hydrogens is 458 g/mol. The second-order valence-electron chi connectivity index (χ2n) is 7.03. The molecule has 12 heteroatoms. The Morgan fingerprint density at radius 2 is 1.82 bits per heavy atom. The first-order valence-corrected chi connectivity index (χ1v) is 10.8. The molecule has 3 amide bonds. The number of hydrogen-bond acceptors (Lipinski definition) is 8. The van der Waals surface area contributed by atoms with E-state index in [1.165, 1.54) is 17.6 Å². The highest BCUT2D eigenvalue weighted by atomic mass is 32.1. The Bertz CT molecular complexity index is 1460. The van der Waals surface area contributed by atoms with Crippen molar-refractivity contribution in [2.75, 3.05) is 16.0 Å². The highest BCUT2D eigenvalue weighted by Gasteiger charge is 2.12. The van der Waals surface area contributed by atoms with E-state index in [2.05, 4.69) is 36.1 Å². The summed E-state index contributed by atoms with van der Waals surface area (Å²) in [5.41, 5.74) is 1.94. The van der Waals surface area contributed by atoms with Crippen molar-refractivity contribution in [3.63, 3.8) is 0 Å². The van der Waals surface area contributed by atoms with Crippen LogP contribution in [0.5, 0.6) is 11.5 Å². The zero-order chi connectivity index (χ0) is 23.5. The number of anilines is 3. The van der Waals surface area contributed by atoms with Crippen molar-refractivity contribution in [1.82, 2.24) is 20.2 Å². The fourth-order valence-electron chi connectivity index (χ4n) is 3.03. The normalized spacial score (nSPS) is 10.7. The highest BCUT2D eigenvalue weighted by molar-refractivity contribution is 7.15. The van der Waals surface area contributed by atoms with Crippen molar-refractivity contribution in [1.29, 1.82) is 0 Å². The molecule has 0 unspecified atom stereocenters. The number of fused-ring (bicyclic) bond motifs is 1. The predicted octanol–water partition coefficient (Wildman–Crippen LogP) is 5.00. The van der Waals surface area contributed by atoms with Crippen LogP contribution in [0.25, 0.3) is 11.0 Å². The van der Waals surface area contributed by atoms with Crippen LogP contribution in [-0.4, -0.2) is 32.1 Å². The summed E-state index contributed by atoms with van der Waals surface area (Å²) in [5, 5.41) is 16.9. The Balaban J connectivity index is 1.21. The molecule has 5 aromatic rings. The maximum absolute atomic E-state index is 12.1. The summed E-state index contributed by atoms with van der Waals surface area (Å²) in [6.07, 6.45) is 1.43. The van der Waals surface area contributed by atoms with E-state index in [1.807, 2.05) is 6.92 Å². The molecule has 0 aliphatic heterocycles. The number of nitrogens with one attached hydrogen (secondary N) is 4. The van der Waals surface area contributed by atoms with Crippen LogP contribution in [0.4, 0.5) is 21.6 Å². The number of furan rings is 1. The van der Waals surface area contributed by atoms with Gasteiger partial charge in [-0.25, -0.2) is 9.78 Å². The van der Waals surface area contributed by atoms with Gasteiger partial charge >= 0.3 is 6.03 Å². The number of carbonyl (C=O) groups is 2. The van der Waals surface area contributed by atoms with Gasteiger partial charge in [-0.05, 0) is 55.5 Å². The van der Waals surface area contributed by atoms with Gasteiger partial charge in [0.25, 0.3) is 5.91 Å². The molecule has 11 nitrogen and oxygen atoms in total. The van der Waals surface area contributed by atoms with Crippen LogP contribution in [0.3, 0.4) is 0 Å². The number of H-pyrrole nitrogens is 1. The molecule has 0 fully saturated rings. The summed E-state index contributed by atoms with van der Waals surface area (Å²) < 4.78 is 11.0. The van der Waals surface area contributed by atoms with Gasteiger partial charge in [-0.15, -0.1) is 10.2 Å². The van der Waals surface area contributed by atoms with E-state index in [1.54, 1.807) is 54.6 Å². The van der Waals surface area contributed by atoms with Crippen molar-refractivity contribution in [3.05, 3.63) is 71.6 Å². The summed E-state index contributed by atoms with van der Waals surface area (Å²) in [6, 6.07) is 15.0. The molecule has 0 saturated heterocycles. The van der Waals surface area contributed by atoms with Crippen molar-refractivity contribution in [2.45, 2.75) is 6.92 Å². The lowest BCUT2D eigenvalue weighted by atomic mass is 10.3. The smallest absolute Gasteiger partial charge is 0.325 e. The number of aromatic nitrogens is 4. The van der Waals surface area contributed by atoms with E-state index in [4.69, 9.17) is 9.15 Å². The van der Waals surface area contributed by atoms with E-state index in [-0.39, 0.29) is 5.76 Å². The minimum absolute atomic E-state index is 0.190. The monoisotopic (exact) mass is 475 g/mol. The van der Waals surface area contributed by atoms with E-state index in [0.717, 1.165) is 10.5 Å². The molecule has 0 aliphatic carbocycles. The van der Waals surface area contributed by atoms with Gasteiger partial charge in [-0.1, -0.05) is 11.3 Å². The first-order valence-electron chi connectivity index (χ1n) is 10.0. The summed E-state index contributed by atoms with van der Waals surface area (Å²) in [6.45, 7) is 1.81. The van der Waals surface area contributed by atoms with Crippen molar-refractivity contribution < 1.29 is 18.7 Å². The number of imidazole rings is 1. The average molecular weight is 475 g/mol. The Hall–Kier alpha value is -4.71. The molecule has 3 heterocycles. The third kappa shape index (κ3) is 4.86. The quantitative estimate of drug-likeness (QED) is 0.270.